The van der Waals surface area contributed by atoms with E-state index in [0.717, 1.165) is 29.1 Å². The van der Waals surface area contributed by atoms with Gasteiger partial charge in [0, 0.05) is 23.7 Å². The molecular formula is C21H25N3O5. The van der Waals surface area contributed by atoms with Crippen molar-refractivity contribution >= 4 is 35.2 Å². The lowest BCUT2D eigenvalue weighted by molar-refractivity contribution is -0.144. The van der Waals surface area contributed by atoms with E-state index in [1.807, 2.05) is 6.92 Å². The van der Waals surface area contributed by atoms with E-state index in [2.05, 4.69) is 5.32 Å². The summed E-state index contributed by atoms with van der Waals surface area (Å²) >= 11 is 0. The van der Waals surface area contributed by atoms with Crippen molar-refractivity contribution in [3.63, 3.8) is 0 Å². The van der Waals surface area contributed by atoms with Crippen LogP contribution in [0.3, 0.4) is 0 Å². The third kappa shape index (κ3) is 4.21. The van der Waals surface area contributed by atoms with Gasteiger partial charge in [0.2, 0.25) is 5.91 Å². The van der Waals surface area contributed by atoms with Crippen LogP contribution >= 0.6 is 0 Å². The lowest BCUT2D eigenvalue weighted by Gasteiger charge is -2.34. The third-order valence-corrected chi connectivity index (χ3v) is 5.60. The minimum atomic E-state index is -0.951. The third-order valence-electron chi connectivity index (χ3n) is 5.60. The van der Waals surface area contributed by atoms with Gasteiger partial charge in [-0.2, -0.15) is 0 Å². The van der Waals surface area contributed by atoms with Gasteiger partial charge in [0.1, 0.15) is 0 Å². The summed E-state index contributed by atoms with van der Waals surface area (Å²) in [5.74, 6) is -2.27. The second kappa shape index (κ2) is 8.55. The number of amides is 5. The van der Waals surface area contributed by atoms with Gasteiger partial charge in [-0.1, -0.05) is 26.7 Å². The van der Waals surface area contributed by atoms with Gasteiger partial charge in [0.15, 0.2) is 5.78 Å². The Balaban J connectivity index is 1.70. The highest BCUT2D eigenvalue weighted by Gasteiger charge is 2.49. The Labute approximate surface area is 169 Å². The number of benzene rings is 1. The number of hydrogen-bond donors (Lipinski definition) is 1. The summed E-state index contributed by atoms with van der Waals surface area (Å²) in [5.41, 5.74) is 0.839. The Bertz CT molecular complexity index is 848. The van der Waals surface area contributed by atoms with Crippen molar-refractivity contribution in [3.8, 4) is 0 Å². The molecule has 1 N–H and O–H groups in total. The maximum atomic E-state index is 12.8. The molecule has 154 valence electrons. The lowest BCUT2D eigenvalue weighted by Crippen LogP contribution is -2.46. The molecular weight excluding hydrogens is 374 g/mol. The molecule has 0 radical (unpaired) electrons. The van der Waals surface area contributed by atoms with Crippen molar-refractivity contribution in [1.29, 1.82) is 0 Å². The molecule has 0 spiro atoms. The number of nitrogens with one attached hydrogen (secondary N) is 1. The van der Waals surface area contributed by atoms with Gasteiger partial charge in [0.05, 0.1) is 6.54 Å². The van der Waals surface area contributed by atoms with Crippen LogP contribution in [-0.2, 0) is 14.4 Å². The van der Waals surface area contributed by atoms with Gasteiger partial charge in [0.25, 0.3) is 0 Å². The van der Waals surface area contributed by atoms with Crippen LogP contribution in [0.1, 0.15) is 56.3 Å². The Morgan fingerprint density at radius 1 is 1.03 bits per heavy atom. The van der Waals surface area contributed by atoms with Gasteiger partial charge in [-0.25, -0.2) is 9.69 Å². The highest BCUT2D eigenvalue weighted by atomic mass is 16.2. The minimum Gasteiger partial charge on any atom is -0.326 e. The Morgan fingerprint density at radius 2 is 1.69 bits per heavy atom. The molecule has 5 amide bonds. The zero-order valence-electron chi connectivity index (χ0n) is 16.6. The van der Waals surface area contributed by atoms with E-state index in [1.54, 1.807) is 19.1 Å². The molecule has 0 unspecified atom stereocenters. The number of rotatable bonds is 6. The smallest absolute Gasteiger partial charge is 0.326 e. The number of anilines is 1. The van der Waals surface area contributed by atoms with Gasteiger partial charge < -0.3 is 5.32 Å². The number of carbonyl (C=O) groups excluding carboxylic acids is 5. The van der Waals surface area contributed by atoms with E-state index < -0.39 is 30.2 Å². The van der Waals surface area contributed by atoms with Crippen LogP contribution in [0, 0.1) is 5.92 Å². The molecule has 1 heterocycles. The van der Waals surface area contributed by atoms with Crippen molar-refractivity contribution in [2.24, 2.45) is 5.92 Å². The summed E-state index contributed by atoms with van der Waals surface area (Å²) in [6, 6.07) is 5.18. The molecule has 8 nitrogen and oxygen atoms in total. The predicted molar refractivity (Wildman–Crippen MR) is 105 cm³/mol. The number of urea groups is 1. The molecule has 0 aromatic heterocycles. The first-order valence-corrected chi connectivity index (χ1v) is 9.95. The van der Waals surface area contributed by atoms with E-state index in [1.165, 1.54) is 12.1 Å². The summed E-state index contributed by atoms with van der Waals surface area (Å²) in [6.07, 6.45) is 3.86. The van der Waals surface area contributed by atoms with Crippen LogP contribution < -0.4 is 5.32 Å². The molecule has 29 heavy (non-hydrogen) atoms. The molecule has 1 aliphatic carbocycles. The molecule has 0 bridgehead atoms. The first-order chi connectivity index (χ1) is 13.8. The normalized spacial score (nSPS) is 22.2. The molecule has 2 aliphatic rings. The molecule has 3 rings (SSSR count). The number of Topliss-reactive ketones (excluding diaryl/α,β-unsaturated/α-hetero) is 1. The molecule has 1 aliphatic heterocycles. The van der Waals surface area contributed by atoms with Crippen LogP contribution in [-0.4, -0.2) is 51.9 Å². The zero-order chi connectivity index (χ0) is 21.1. The van der Waals surface area contributed by atoms with Gasteiger partial charge in [-0.05, 0) is 43.0 Å². The molecule has 1 saturated heterocycles. The van der Waals surface area contributed by atoms with Crippen molar-refractivity contribution in [1.82, 2.24) is 9.80 Å². The molecule has 8 heteroatoms. The van der Waals surface area contributed by atoms with Crippen LogP contribution in [0.2, 0.25) is 0 Å². The van der Waals surface area contributed by atoms with Gasteiger partial charge in [-0.15, -0.1) is 0 Å². The fourth-order valence-electron chi connectivity index (χ4n) is 3.86. The van der Waals surface area contributed by atoms with Gasteiger partial charge in [-0.3, -0.25) is 24.1 Å². The topological polar surface area (TPSA) is 104 Å². The molecule has 1 aromatic rings. The van der Waals surface area contributed by atoms with E-state index in [9.17, 15) is 24.0 Å². The Kier molecular flexibility index (Phi) is 6.10. The first-order valence-electron chi connectivity index (χ1n) is 9.95. The van der Waals surface area contributed by atoms with Crippen molar-refractivity contribution in [3.05, 3.63) is 29.8 Å². The van der Waals surface area contributed by atoms with Crippen LogP contribution in [0.5, 0.6) is 0 Å². The predicted octanol–water partition coefficient (Wildman–Crippen LogP) is 2.59. The maximum Gasteiger partial charge on any atom is 0.334 e. The molecule has 1 aromatic carbocycles. The Hall–Kier alpha value is -3.03. The van der Waals surface area contributed by atoms with Crippen LogP contribution in [0.4, 0.5) is 10.5 Å². The van der Waals surface area contributed by atoms with E-state index in [4.69, 9.17) is 0 Å². The van der Waals surface area contributed by atoms with Crippen molar-refractivity contribution in [2.75, 3.05) is 11.9 Å². The number of imide groups is 2. The first kappa shape index (κ1) is 20.7. The average molecular weight is 399 g/mol. The summed E-state index contributed by atoms with van der Waals surface area (Å²) in [7, 11) is 0. The SMILES string of the molecule is CCC(=O)Nc1ccc(C(=O)CN2C(=O)C(=O)N([C@@H]3CCCC[C@@H]3C)C2=O)cc1. The largest absolute Gasteiger partial charge is 0.334 e. The van der Waals surface area contributed by atoms with E-state index >= 15 is 0 Å². The quantitative estimate of drug-likeness (QED) is 0.450. The fraction of sp³-hybridized carbons (Fsp3) is 0.476. The van der Waals surface area contributed by atoms with Crippen molar-refractivity contribution in [2.45, 2.75) is 52.0 Å². The minimum absolute atomic E-state index is 0.131. The average Bonchev–Trinajstić information content (AvgIpc) is 2.92. The van der Waals surface area contributed by atoms with E-state index in [-0.39, 0.29) is 23.4 Å². The fourth-order valence-corrected chi connectivity index (χ4v) is 3.86. The summed E-state index contributed by atoms with van der Waals surface area (Å²) in [4.78, 5) is 63.3. The summed E-state index contributed by atoms with van der Waals surface area (Å²) in [5, 5.41) is 2.68. The summed E-state index contributed by atoms with van der Waals surface area (Å²) < 4.78 is 0. The number of nitrogens with zero attached hydrogens (tertiary/aromatic N) is 2. The number of hydrogen-bond acceptors (Lipinski definition) is 5. The monoisotopic (exact) mass is 399 g/mol. The standard InChI is InChI=1S/C21H25N3O5/c1-3-18(26)22-15-10-8-14(9-11-15)17(25)12-23-19(27)20(28)24(21(23)29)16-7-5-4-6-13(16)2/h8-11,13,16H,3-7,12H2,1-2H3,(H,22,26)/t13-,16+/m0/s1. The highest BCUT2D eigenvalue weighted by Crippen LogP contribution is 2.31. The second-order valence-corrected chi connectivity index (χ2v) is 7.58. The lowest BCUT2D eigenvalue weighted by atomic mass is 9.85. The Morgan fingerprint density at radius 3 is 2.31 bits per heavy atom. The molecule has 1 saturated carbocycles. The maximum absolute atomic E-state index is 12.8. The zero-order valence-corrected chi connectivity index (χ0v) is 16.6. The number of carbonyl (C=O) groups is 5. The molecule has 2 fully saturated rings. The van der Waals surface area contributed by atoms with Gasteiger partial charge >= 0.3 is 17.8 Å². The number of ketones is 1. The van der Waals surface area contributed by atoms with Crippen molar-refractivity contribution < 1.29 is 24.0 Å². The highest BCUT2D eigenvalue weighted by molar-refractivity contribution is 6.45. The van der Waals surface area contributed by atoms with Crippen LogP contribution in [0.15, 0.2) is 24.3 Å². The molecule has 2 atom stereocenters. The second-order valence-electron chi connectivity index (χ2n) is 7.58. The summed E-state index contributed by atoms with van der Waals surface area (Å²) in [6.45, 7) is 3.22. The van der Waals surface area contributed by atoms with E-state index in [0.29, 0.717) is 18.5 Å². The van der Waals surface area contributed by atoms with Crippen LogP contribution in [0.25, 0.3) is 0 Å².